The third-order valence-electron chi connectivity index (χ3n) is 4.41. The quantitative estimate of drug-likeness (QED) is 0.908. The molecule has 1 unspecified atom stereocenters. The predicted octanol–water partition coefficient (Wildman–Crippen LogP) is 2.78. The molecule has 0 radical (unpaired) electrons. The summed E-state index contributed by atoms with van der Waals surface area (Å²) >= 11 is 0. The highest BCUT2D eigenvalue weighted by molar-refractivity contribution is 5.92. The summed E-state index contributed by atoms with van der Waals surface area (Å²) < 4.78 is 1.90. The van der Waals surface area contributed by atoms with Crippen molar-refractivity contribution in [1.29, 1.82) is 0 Å². The van der Waals surface area contributed by atoms with Gasteiger partial charge < -0.3 is 10.6 Å². The first-order valence-electron chi connectivity index (χ1n) is 8.57. The minimum Gasteiger partial charge on any atom is -0.316 e. The van der Waals surface area contributed by atoms with Crippen LogP contribution in [0.4, 0.5) is 5.82 Å². The first kappa shape index (κ1) is 16.7. The molecule has 0 spiro atoms. The summed E-state index contributed by atoms with van der Waals surface area (Å²) in [4.78, 5) is 12.5. The van der Waals surface area contributed by atoms with E-state index in [0.717, 1.165) is 31.0 Å². The molecule has 1 aromatic carbocycles. The molecule has 2 heterocycles. The summed E-state index contributed by atoms with van der Waals surface area (Å²) in [6.07, 6.45) is 0.894. The van der Waals surface area contributed by atoms with Crippen LogP contribution in [0.2, 0.25) is 0 Å². The van der Waals surface area contributed by atoms with E-state index in [2.05, 4.69) is 43.5 Å². The average molecular weight is 326 g/mol. The molecule has 3 rings (SSSR count). The molecule has 1 saturated heterocycles. The number of amides is 1. The van der Waals surface area contributed by atoms with E-state index in [-0.39, 0.29) is 17.2 Å². The summed E-state index contributed by atoms with van der Waals surface area (Å²) in [7, 11) is 0. The molecule has 1 fully saturated rings. The number of anilines is 1. The van der Waals surface area contributed by atoms with Crippen LogP contribution in [0.15, 0.2) is 36.4 Å². The molecule has 2 aromatic rings. The third-order valence-corrected chi connectivity index (χ3v) is 4.41. The summed E-state index contributed by atoms with van der Waals surface area (Å²) in [5.74, 6) is 0.901. The van der Waals surface area contributed by atoms with Crippen LogP contribution < -0.4 is 10.6 Å². The molecular weight excluding hydrogens is 300 g/mol. The number of hydrogen-bond acceptors (Lipinski definition) is 3. The van der Waals surface area contributed by atoms with E-state index in [4.69, 9.17) is 5.10 Å². The third kappa shape index (κ3) is 3.85. The number of nitrogens with one attached hydrogen (secondary N) is 2. The van der Waals surface area contributed by atoms with Crippen LogP contribution >= 0.6 is 0 Å². The molecule has 1 aliphatic rings. The first-order valence-corrected chi connectivity index (χ1v) is 8.57. The second-order valence-electron chi connectivity index (χ2n) is 7.49. The van der Waals surface area contributed by atoms with Gasteiger partial charge >= 0.3 is 0 Å². The molecule has 5 nitrogen and oxygen atoms in total. The summed E-state index contributed by atoms with van der Waals surface area (Å²) in [5.41, 5.74) is 2.09. The lowest BCUT2D eigenvalue weighted by Gasteiger charge is -2.14. The zero-order chi connectivity index (χ0) is 17.2. The van der Waals surface area contributed by atoms with Gasteiger partial charge in [0.25, 0.3) is 0 Å². The molecule has 1 amide bonds. The molecule has 0 bridgehead atoms. The number of rotatable bonds is 4. The number of carbonyl (C=O) groups excluding carboxylic acids is 1. The Bertz CT molecular complexity index is 694. The lowest BCUT2D eigenvalue weighted by Crippen LogP contribution is -2.26. The fraction of sp³-hybridized carbons (Fsp3) is 0.474. The van der Waals surface area contributed by atoms with Crippen molar-refractivity contribution in [2.45, 2.75) is 39.2 Å². The van der Waals surface area contributed by atoms with Crippen molar-refractivity contribution in [2.75, 3.05) is 18.4 Å². The Morgan fingerprint density at radius 1 is 1.33 bits per heavy atom. The Kier molecular flexibility index (Phi) is 4.71. The molecule has 24 heavy (non-hydrogen) atoms. The fourth-order valence-corrected chi connectivity index (χ4v) is 2.87. The van der Waals surface area contributed by atoms with Gasteiger partial charge in [-0.2, -0.15) is 5.10 Å². The van der Waals surface area contributed by atoms with Crippen molar-refractivity contribution < 1.29 is 4.79 Å². The van der Waals surface area contributed by atoms with Gasteiger partial charge in [-0.05, 0) is 18.5 Å². The molecule has 1 atom stereocenters. The van der Waals surface area contributed by atoms with Crippen LogP contribution in [0.1, 0.15) is 38.4 Å². The van der Waals surface area contributed by atoms with E-state index in [1.807, 2.05) is 28.9 Å². The second-order valence-corrected chi connectivity index (χ2v) is 7.49. The van der Waals surface area contributed by atoms with E-state index in [0.29, 0.717) is 6.54 Å². The number of hydrogen-bond donors (Lipinski definition) is 2. The van der Waals surface area contributed by atoms with Crippen LogP contribution in [0.3, 0.4) is 0 Å². The maximum atomic E-state index is 12.5. The van der Waals surface area contributed by atoms with Crippen LogP contribution in [-0.4, -0.2) is 28.8 Å². The Balaban J connectivity index is 1.85. The lowest BCUT2D eigenvalue weighted by atomic mass is 9.92. The van der Waals surface area contributed by atoms with Gasteiger partial charge in [0, 0.05) is 18.0 Å². The fourth-order valence-electron chi connectivity index (χ4n) is 2.87. The molecule has 2 N–H and O–H groups in total. The largest absolute Gasteiger partial charge is 0.316 e. The summed E-state index contributed by atoms with van der Waals surface area (Å²) in [6.45, 7) is 8.72. The Hall–Kier alpha value is -2.14. The standard InChI is InChI=1S/C19H26N4O/c1-19(2,3)16-11-17(21-18(24)15-9-10-20-12-15)23(22-16)13-14-7-5-4-6-8-14/h4-8,11,15,20H,9-10,12-13H2,1-3H3,(H,21,24). The van der Waals surface area contributed by atoms with Gasteiger partial charge in [-0.15, -0.1) is 0 Å². The van der Waals surface area contributed by atoms with Crippen molar-refractivity contribution in [3.63, 3.8) is 0 Å². The normalized spacial score (nSPS) is 17.9. The Morgan fingerprint density at radius 3 is 2.71 bits per heavy atom. The zero-order valence-corrected chi connectivity index (χ0v) is 14.7. The zero-order valence-electron chi connectivity index (χ0n) is 14.7. The van der Waals surface area contributed by atoms with E-state index in [1.54, 1.807) is 0 Å². The highest BCUT2D eigenvalue weighted by Gasteiger charge is 2.25. The monoisotopic (exact) mass is 326 g/mol. The van der Waals surface area contributed by atoms with E-state index < -0.39 is 0 Å². The molecule has 0 aliphatic carbocycles. The summed E-state index contributed by atoms with van der Waals surface area (Å²) in [6, 6.07) is 12.2. The number of nitrogens with zero attached hydrogens (tertiary/aromatic N) is 2. The van der Waals surface area contributed by atoms with Crippen molar-refractivity contribution >= 4 is 11.7 Å². The van der Waals surface area contributed by atoms with Gasteiger partial charge in [0.15, 0.2) is 0 Å². The smallest absolute Gasteiger partial charge is 0.229 e. The average Bonchev–Trinajstić information content (AvgIpc) is 3.18. The number of aromatic nitrogens is 2. The van der Waals surface area contributed by atoms with Gasteiger partial charge in [0.05, 0.1) is 18.2 Å². The minimum absolute atomic E-state index is 0.0446. The number of benzene rings is 1. The van der Waals surface area contributed by atoms with Gasteiger partial charge in [0.2, 0.25) is 5.91 Å². The van der Waals surface area contributed by atoms with Gasteiger partial charge in [-0.25, -0.2) is 4.68 Å². The van der Waals surface area contributed by atoms with Crippen molar-refractivity contribution in [3.8, 4) is 0 Å². The van der Waals surface area contributed by atoms with Gasteiger partial charge in [-0.3, -0.25) is 4.79 Å². The SMILES string of the molecule is CC(C)(C)c1cc(NC(=O)C2CCNC2)n(Cc2ccccc2)n1. The molecule has 1 aromatic heterocycles. The van der Waals surface area contributed by atoms with Gasteiger partial charge in [-0.1, -0.05) is 51.1 Å². The van der Waals surface area contributed by atoms with E-state index in [9.17, 15) is 4.79 Å². The van der Waals surface area contributed by atoms with Crippen molar-refractivity contribution in [1.82, 2.24) is 15.1 Å². The predicted molar refractivity (Wildman–Crippen MR) is 96.1 cm³/mol. The topological polar surface area (TPSA) is 59.0 Å². The molecular formula is C19H26N4O. The number of carbonyl (C=O) groups is 1. The van der Waals surface area contributed by atoms with Crippen molar-refractivity contribution in [3.05, 3.63) is 47.7 Å². The van der Waals surface area contributed by atoms with Crippen LogP contribution in [0.5, 0.6) is 0 Å². The molecule has 5 heteroatoms. The van der Waals surface area contributed by atoms with E-state index in [1.165, 1.54) is 5.56 Å². The van der Waals surface area contributed by atoms with Crippen LogP contribution in [0, 0.1) is 5.92 Å². The second kappa shape index (κ2) is 6.77. The lowest BCUT2D eigenvalue weighted by molar-refractivity contribution is -0.119. The van der Waals surface area contributed by atoms with Crippen LogP contribution in [0.25, 0.3) is 0 Å². The minimum atomic E-state index is -0.0592. The maximum Gasteiger partial charge on any atom is 0.229 e. The van der Waals surface area contributed by atoms with Crippen molar-refractivity contribution in [2.24, 2.45) is 5.92 Å². The molecule has 1 aliphatic heterocycles. The molecule has 128 valence electrons. The van der Waals surface area contributed by atoms with E-state index >= 15 is 0 Å². The molecule has 0 saturated carbocycles. The first-order chi connectivity index (χ1) is 11.4. The maximum absolute atomic E-state index is 12.5. The summed E-state index contributed by atoms with van der Waals surface area (Å²) in [5, 5.41) is 11.1. The Labute approximate surface area is 143 Å². The highest BCUT2D eigenvalue weighted by Crippen LogP contribution is 2.25. The van der Waals surface area contributed by atoms with Gasteiger partial charge in [0.1, 0.15) is 5.82 Å². The Morgan fingerprint density at radius 2 is 2.08 bits per heavy atom. The highest BCUT2D eigenvalue weighted by atomic mass is 16.2. The van der Waals surface area contributed by atoms with Crippen LogP contribution in [-0.2, 0) is 16.8 Å².